The molecule has 0 unspecified atom stereocenters. The molecule has 16 nitrogen and oxygen atoms in total. The Morgan fingerprint density at radius 3 is 1.49 bits per heavy atom. The van der Waals surface area contributed by atoms with Crippen LogP contribution in [0.5, 0.6) is 0 Å². The summed E-state index contributed by atoms with van der Waals surface area (Å²) in [7, 11) is 4.11. The van der Waals surface area contributed by atoms with E-state index in [2.05, 4.69) is 47.8 Å². The summed E-state index contributed by atoms with van der Waals surface area (Å²) in [4.78, 5) is 49.8. The first-order chi connectivity index (χ1) is 25.1. The van der Waals surface area contributed by atoms with Gasteiger partial charge in [-0.2, -0.15) is 0 Å². The van der Waals surface area contributed by atoms with Crippen LogP contribution in [0.1, 0.15) is 54.3 Å². The Kier molecular flexibility index (Phi) is 21.8. The van der Waals surface area contributed by atoms with E-state index in [4.69, 9.17) is 16.2 Å². The zero-order chi connectivity index (χ0) is 40.1. The van der Waals surface area contributed by atoms with Crippen LogP contribution in [0, 0.1) is 37.7 Å². The summed E-state index contributed by atoms with van der Waals surface area (Å²) in [5.41, 5.74) is 7.66. The SMILES string of the molecule is C1CCOC1.CCN(CC)CC.CN1CCN(c2cc(C(N)=O)c([N+](=O)[O-])cc2F)CC1.CN1CCNCC1.NC(=O)c1cc(F)c(F)cc1[N+](=O)[O-]. The summed E-state index contributed by atoms with van der Waals surface area (Å²) in [6.45, 7) is 19.5. The highest BCUT2D eigenvalue weighted by Gasteiger charge is 2.26. The predicted molar refractivity (Wildman–Crippen MR) is 197 cm³/mol. The van der Waals surface area contributed by atoms with E-state index < -0.39 is 56.1 Å². The third kappa shape index (κ3) is 16.8. The standard InChI is InChI=1S/C12H15FN4O3.C7H4F2N2O3.C6H15N.C5H12N2.C4H8O/c1-15-2-4-16(5-3-15)11-6-8(12(14)18)10(17(19)20)7-9(11)13;8-4-1-3(7(10)12)6(11(13)14)2-5(4)9;1-4-7(5-2)6-3;1-7-4-2-6-3-5-7;1-2-4-5-3-1/h6-7H,2-5H2,1H3,(H2,14,18);1-2H,(H2,10,12);4-6H2,1-3H3;6H,2-5H2,1H3;1-4H2. The maximum absolute atomic E-state index is 14.0. The zero-order valence-electron chi connectivity index (χ0n) is 31.2. The number of rotatable bonds is 8. The maximum Gasteiger partial charge on any atom is 0.285 e. The Morgan fingerprint density at radius 1 is 0.736 bits per heavy atom. The van der Waals surface area contributed by atoms with Gasteiger partial charge in [-0.15, -0.1) is 0 Å². The van der Waals surface area contributed by atoms with Crippen molar-refractivity contribution < 1.29 is 37.3 Å². The zero-order valence-corrected chi connectivity index (χ0v) is 31.2. The molecule has 2 aromatic rings. The van der Waals surface area contributed by atoms with Crippen LogP contribution in [0.2, 0.25) is 0 Å². The molecule has 0 aliphatic carbocycles. The number of hydrogen-bond donors (Lipinski definition) is 3. The van der Waals surface area contributed by atoms with Crippen molar-refractivity contribution in [2.24, 2.45) is 11.5 Å². The number of nitrogens with two attached hydrogens (primary N) is 2. The Labute approximate surface area is 308 Å². The largest absolute Gasteiger partial charge is 0.381 e. The maximum atomic E-state index is 14.0. The first-order valence-corrected chi connectivity index (χ1v) is 17.4. The molecule has 3 fully saturated rings. The number of nitrogens with one attached hydrogen (secondary N) is 1. The fourth-order valence-corrected chi connectivity index (χ4v) is 5.03. The molecule has 0 radical (unpaired) electrons. The number of carbonyl (C=O) groups is 2. The number of nitro benzene ring substituents is 2. The highest BCUT2D eigenvalue weighted by molar-refractivity contribution is 5.98. The molecule has 0 saturated carbocycles. The Bertz CT molecular complexity index is 1420. The number of hydrogen-bond acceptors (Lipinski definition) is 12. The molecular weight excluding hydrogens is 703 g/mol. The van der Waals surface area contributed by atoms with Crippen molar-refractivity contribution in [3.63, 3.8) is 0 Å². The van der Waals surface area contributed by atoms with Crippen LogP contribution < -0.4 is 21.7 Å². The minimum Gasteiger partial charge on any atom is -0.381 e. The minimum atomic E-state index is -1.40. The molecule has 5 rings (SSSR count). The van der Waals surface area contributed by atoms with Gasteiger partial charge in [0.15, 0.2) is 17.5 Å². The number of likely N-dealkylation sites (N-methyl/N-ethyl adjacent to an activating group) is 2. The molecule has 2 amide bonds. The van der Waals surface area contributed by atoms with Gasteiger partial charge in [0.1, 0.15) is 11.1 Å². The summed E-state index contributed by atoms with van der Waals surface area (Å²) in [5.74, 6) is -5.60. The van der Waals surface area contributed by atoms with Gasteiger partial charge in [0, 0.05) is 65.6 Å². The fraction of sp³-hybridized carbons (Fsp3) is 0.588. The van der Waals surface area contributed by atoms with Crippen molar-refractivity contribution in [1.29, 1.82) is 0 Å². The van der Waals surface area contributed by atoms with Gasteiger partial charge in [0.05, 0.1) is 27.7 Å². The van der Waals surface area contributed by atoms with E-state index in [0.29, 0.717) is 25.2 Å². The number of ether oxygens (including phenoxy) is 1. The lowest BCUT2D eigenvalue weighted by Gasteiger charge is -2.34. The molecule has 0 spiro atoms. The summed E-state index contributed by atoms with van der Waals surface area (Å²) >= 11 is 0. The molecular formula is C34H54F3N9O7. The van der Waals surface area contributed by atoms with Gasteiger partial charge in [0.2, 0.25) is 0 Å². The number of piperazine rings is 2. The summed E-state index contributed by atoms with van der Waals surface area (Å²) in [6, 6.07) is 2.64. The second kappa shape index (κ2) is 24.7. The highest BCUT2D eigenvalue weighted by Crippen LogP contribution is 2.29. The van der Waals surface area contributed by atoms with Gasteiger partial charge in [-0.05, 0) is 58.7 Å². The van der Waals surface area contributed by atoms with Gasteiger partial charge in [-0.1, -0.05) is 20.8 Å². The summed E-state index contributed by atoms with van der Waals surface area (Å²) in [5, 5.41) is 24.4. The molecule has 298 valence electrons. The quantitative estimate of drug-likeness (QED) is 0.262. The number of amides is 2. The number of benzene rings is 2. The van der Waals surface area contributed by atoms with Crippen LogP contribution in [0.3, 0.4) is 0 Å². The molecule has 3 aliphatic rings. The number of nitro groups is 2. The molecule has 53 heavy (non-hydrogen) atoms. The molecule has 19 heteroatoms. The third-order valence-electron chi connectivity index (χ3n) is 8.38. The number of halogens is 3. The minimum absolute atomic E-state index is 0.178. The second-order valence-corrected chi connectivity index (χ2v) is 12.1. The Balaban J connectivity index is 0.000000366. The smallest absolute Gasteiger partial charge is 0.285 e. The Hall–Kier alpha value is -4.43. The lowest BCUT2D eigenvalue weighted by atomic mass is 10.1. The van der Waals surface area contributed by atoms with Crippen LogP contribution in [-0.2, 0) is 4.74 Å². The normalized spacial score (nSPS) is 15.7. The monoisotopic (exact) mass is 757 g/mol. The van der Waals surface area contributed by atoms with Crippen LogP contribution in [0.4, 0.5) is 30.2 Å². The predicted octanol–water partition coefficient (Wildman–Crippen LogP) is 3.22. The molecule has 3 saturated heterocycles. The molecule has 3 heterocycles. The van der Waals surface area contributed by atoms with Crippen molar-refractivity contribution in [2.45, 2.75) is 33.6 Å². The van der Waals surface area contributed by atoms with Crippen LogP contribution in [0.25, 0.3) is 0 Å². The molecule has 5 N–H and O–H groups in total. The first kappa shape index (κ1) is 46.6. The first-order valence-electron chi connectivity index (χ1n) is 17.4. The number of carbonyl (C=O) groups excluding carboxylic acids is 2. The summed E-state index contributed by atoms with van der Waals surface area (Å²) < 4.78 is 44.1. The molecule has 3 aliphatic heterocycles. The third-order valence-corrected chi connectivity index (χ3v) is 8.38. The van der Waals surface area contributed by atoms with Crippen LogP contribution in [0.15, 0.2) is 24.3 Å². The van der Waals surface area contributed by atoms with Gasteiger partial charge < -0.3 is 41.1 Å². The van der Waals surface area contributed by atoms with Crippen molar-refractivity contribution in [3.8, 4) is 0 Å². The number of anilines is 1. The number of primary amides is 2. The highest BCUT2D eigenvalue weighted by atomic mass is 19.2. The van der Waals surface area contributed by atoms with E-state index >= 15 is 0 Å². The average molecular weight is 758 g/mol. The van der Waals surface area contributed by atoms with Crippen molar-refractivity contribution in [2.75, 3.05) is 104 Å². The second-order valence-electron chi connectivity index (χ2n) is 12.1. The average Bonchev–Trinajstić information content (AvgIpc) is 3.72. The van der Waals surface area contributed by atoms with E-state index in [1.165, 1.54) is 51.6 Å². The van der Waals surface area contributed by atoms with E-state index in [1.807, 2.05) is 7.05 Å². The molecule has 0 atom stereocenters. The number of nitrogens with zero attached hydrogens (tertiary/aromatic N) is 6. The van der Waals surface area contributed by atoms with Gasteiger partial charge >= 0.3 is 0 Å². The van der Waals surface area contributed by atoms with Crippen molar-refractivity contribution >= 4 is 28.9 Å². The molecule has 0 bridgehead atoms. The fourth-order valence-electron chi connectivity index (χ4n) is 5.03. The van der Waals surface area contributed by atoms with E-state index in [9.17, 15) is 43.0 Å². The summed E-state index contributed by atoms with van der Waals surface area (Å²) in [6.07, 6.45) is 2.56. The van der Waals surface area contributed by atoms with Crippen molar-refractivity contribution in [1.82, 2.24) is 20.0 Å². The molecule has 2 aromatic carbocycles. The lowest BCUT2D eigenvalue weighted by Crippen LogP contribution is -2.44. The molecule has 0 aromatic heterocycles. The van der Waals surface area contributed by atoms with Crippen LogP contribution >= 0.6 is 0 Å². The van der Waals surface area contributed by atoms with Crippen molar-refractivity contribution in [3.05, 3.63) is 73.1 Å². The topological polar surface area (TPSA) is 207 Å². The lowest BCUT2D eigenvalue weighted by molar-refractivity contribution is -0.385. The Morgan fingerprint density at radius 2 is 1.15 bits per heavy atom. The van der Waals surface area contributed by atoms with E-state index in [0.717, 1.165) is 45.5 Å². The van der Waals surface area contributed by atoms with Gasteiger partial charge in [-0.25, -0.2) is 13.2 Å². The van der Waals surface area contributed by atoms with Gasteiger partial charge in [-0.3, -0.25) is 29.8 Å². The van der Waals surface area contributed by atoms with E-state index in [-0.39, 0.29) is 11.3 Å². The van der Waals surface area contributed by atoms with Gasteiger partial charge in [0.25, 0.3) is 23.2 Å². The van der Waals surface area contributed by atoms with Crippen LogP contribution in [-0.4, -0.2) is 136 Å². The van der Waals surface area contributed by atoms with E-state index in [1.54, 1.807) is 4.90 Å².